The normalized spacial score (nSPS) is 20.6. The van der Waals surface area contributed by atoms with Gasteiger partial charge >= 0.3 is 0 Å². The number of anilines is 1. The van der Waals surface area contributed by atoms with E-state index < -0.39 is 5.41 Å². The highest BCUT2D eigenvalue weighted by atomic mass is 16.2. The first kappa shape index (κ1) is 10.3. The van der Waals surface area contributed by atoms with Crippen LogP contribution in [0.1, 0.15) is 35.7 Å². The number of carbonyl (C=O) groups is 2. The molecule has 0 saturated heterocycles. The minimum atomic E-state index is -0.424. The number of imide groups is 1. The third-order valence-corrected chi connectivity index (χ3v) is 3.76. The van der Waals surface area contributed by atoms with Gasteiger partial charge in [0.15, 0.2) is 0 Å². The van der Waals surface area contributed by atoms with Gasteiger partial charge in [0.25, 0.3) is 5.91 Å². The van der Waals surface area contributed by atoms with Crippen LogP contribution in [-0.2, 0) is 10.2 Å². The Hall–Kier alpha value is -1.84. The highest BCUT2D eigenvalue weighted by molar-refractivity contribution is 6.14. The predicted octanol–water partition coefficient (Wildman–Crippen LogP) is 1.30. The second kappa shape index (κ2) is 3.09. The third kappa shape index (κ3) is 1.18. The lowest BCUT2D eigenvalue weighted by molar-refractivity contribution is -0.131. The van der Waals surface area contributed by atoms with E-state index in [0.717, 1.165) is 18.4 Å². The Morgan fingerprint density at radius 2 is 2.06 bits per heavy atom. The molecule has 0 bridgehead atoms. The van der Waals surface area contributed by atoms with Crippen molar-refractivity contribution >= 4 is 17.5 Å². The van der Waals surface area contributed by atoms with Gasteiger partial charge in [-0.15, -0.1) is 0 Å². The Labute approximate surface area is 99.4 Å². The zero-order valence-electron chi connectivity index (χ0n) is 9.69. The van der Waals surface area contributed by atoms with Gasteiger partial charge in [-0.3, -0.25) is 14.5 Å². The second-order valence-electron chi connectivity index (χ2n) is 4.74. The molecule has 3 rings (SSSR count). The summed E-state index contributed by atoms with van der Waals surface area (Å²) in [6, 6.07) is 5.29. The molecule has 1 spiro atoms. The summed E-state index contributed by atoms with van der Waals surface area (Å²) < 4.78 is 0. The van der Waals surface area contributed by atoms with Crippen molar-refractivity contribution in [3.8, 4) is 0 Å². The standard InChI is InChI=1S/C13H14N2O2/c1-2-15-11(16)9-7-8(14)3-4-10(9)13(5-6-13)12(15)17/h3-4,7H,2,5-6,14H2,1H3. The first-order chi connectivity index (χ1) is 8.10. The molecule has 88 valence electrons. The van der Waals surface area contributed by atoms with Gasteiger partial charge < -0.3 is 5.73 Å². The molecule has 2 amide bonds. The van der Waals surface area contributed by atoms with E-state index in [0.29, 0.717) is 17.8 Å². The summed E-state index contributed by atoms with van der Waals surface area (Å²) in [7, 11) is 0. The van der Waals surface area contributed by atoms with Crippen LogP contribution in [0.25, 0.3) is 0 Å². The van der Waals surface area contributed by atoms with E-state index in [1.165, 1.54) is 4.90 Å². The number of amides is 2. The first-order valence-electron chi connectivity index (χ1n) is 5.86. The van der Waals surface area contributed by atoms with Crippen molar-refractivity contribution < 1.29 is 9.59 Å². The van der Waals surface area contributed by atoms with Crippen molar-refractivity contribution in [1.29, 1.82) is 0 Å². The van der Waals surface area contributed by atoms with E-state index in [1.54, 1.807) is 12.1 Å². The van der Waals surface area contributed by atoms with E-state index in [2.05, 4.69) is 0 Å². The number of rotatable bonds is 1. The van der Waals surface area contributed by atoms with E-state index >= 15 is 0 Å². The summed E-state index contributed by atoms with van der Waals surface area (Å²) in [4.78, 5) is 25.8. The fourth-order valence-electron chi connectivity index (χ4n) is 2.66. The van der Waals surface area contributed by atoms with Gasteiger partial charge in [-0.1, -0.05) is 6.07 Å². The van der Waals surface area contributed by atoms with Crippen molar-refractivity contribution in [3.63, 3.8) is 0 Å². The van der Waals surface area contributed by atoms with Crippen LogP contribution in [-0.4, -0.2) is 23.3 Å². The van der Waals surface area contributed by atoms with Crippen LogP contribution in [0.2, 0.25) is 0 Å². The molecule has 1 saturated carbocycles. The van der Waals surface area contributed by atoms with Gasteiger partial charge in [0.2, 0.25) is 5.91 Å². The maximum Gasteiger partial charge on any atom is 0.260 e. The van der Waals surface area contributed by atoms with Crippen LogP contribution >= 0.6 is 0 Å². The topological polar surface area (TPSA) is 63.4 Å². The van der Waals surface area contributed by atoms with Crippen LogP contribution < -0.4 is 5.73 Å². The number of nitrogens with two attached hydrogens (primary N) is 1. The van der Waals surface area contributed by atoms with Crippen molar-refractivity contribution in [1.82, 2.24) is 4.90 Å². The highest BCUT2D eigenvalue weighted by Crippen LogP contribution is 2.53. The predicted molar refractivity (Wildman–Crippen MR) is 63.5 cm³/mol. The van der Waals surface area contributed by atoms with Crippen LogP contribution in [0.5, 0.6) is 0 Å². The number of hydrogen-bond acceptors (Lipinski definition) is 3. The van der Waals surface area contributed by atoms with Crippen molar-refractivity contribution in [2.24, 2.45) is 0 Å². The molecule has 4 heteroatoms. The average molecular weight is 230 g/mol. The van der Waals surface area contributed by atoms with Gasteiger partial charge in [0.05, 0.1) is 5.41 Å². The fraction of sp³-hybridized carbons (Fsp3) is 0.385. The number of nitrogen functional groups attached to an aromatic ring is 1. The van der Waals surface area contributed by atoms with Crippen molar-refractivity contribution in [3.05, 3.63) is 29.3 Å². The molecule has 1 aromatic carbocycles. The van der Waals surface area contributed by atoms with Gasteiger partial charge in [0, 0.05) is 17.8 Å². The maximum atomic E-state index is 12.3. The quantitative estimate of drug-likeness (QED) is 0.584. The average Bonchev–Trinajstić information content (AvgIpc) is 3.09. The van der Waals surface area contributed by atoms with Crippen LogP contribution in [0.3, 0.4) is 0 Å². The van der Waals surface area contributed by atoms with Gasteiger partial charge in [-0.05, 0) is 37.5 Å². The van der Waals surface area contributed by atoms with Gasteiger partial charge in [-0.2, -0.15) is 0 Å². The second-order valence-corrected chi connectivity index (χ2v) is 4.74. The third-order valence-electron chi connectivity index (χ3n) is 3.76. The smallest absolute Gasteiger partial charge is 0.260 e. The number of likely N-dealkylation sites (N-methyl/N-ethyl adjacent to an activating group) is 1. The van der Waals surface area contributed by atoms with Crippen molar-refractivity contribution in [2.45, 2.75) is 25.2 Å². The zero-order chi connectivity index (χ0) is 12.2. The molecule has 2 aliphatic rings. The molecule has 1 aliphatic heterocycles. The van der Waals surface area contributed by atoms with Crippen LogP contribution in [0, 0.1) is 0 Å². The molecule has 0 radical (unpaired) electrons. The maximum absolute atomic E-state index is 12.3. The minimum Gasteiger partial charge on any atom is -0.399 e. The Morgan fingerprint density at radius 1 is 1.35 bits per heavy atom. The molecule has 1 aliphatic carbocycles. The largest absolute Gasteiger partial charge is 0.399 e. The fourth-order valence-corrected chi connectivity index (χ4v) is 2.66. The summed E-state index contributed by atoms with van der Waals surface area (Å²) >= 11 is 0. The summed E-state index contributed by atoms with van der Waals surface area (Å²) in [6.45, 7) is 2.25. The number of benzene rings is 1. The Morgan fingerprint density at radius 3 is 2.65 bits per heavy atom. The molecule has 1 heterocycles. The van der Waals surface area contributed by atoms with Crippen LogP contribution in [0.4, 0.5) is 5.69 Å². The van der Waals surface area contributed by atoms with E-state index in [1.807, 2.05) is 13.0 Å². The molecule has 0 aromatic heterocycles. The Balaban J connectivity index is 2.23. The van der Waals surface area contributed by atoms with E-state index in [4.69, 9.17) is 5.73 Å². The van der Waals surface area contributed by atoms with E-state index in [-0.39, 0.29) is 11.8 Å². The Bertz CT molecular complexity index is 532. The number of nitrogens with zero attached hydrogens (tertiary/aromatic N) is 1. The summed E-state index contributed by atoms with van der Waals surface area (Å²) in [5, 5.41) is 0. The lowest BCUT2D eigenvalue weighted by atomic mass is 9.85. The van der Waals surface area contributed by atoms with Crippen LogP contribution in [0.15, 0.2) is 18.2 Å². The summed E-state index contributed by atoms with van der Waals surface area (Å²) in [5.74, 6) is -0.250. The molecule has 4 nitrogen and oxygen atoms in total. The molecule has 0 unspecified atom stereocenters. The van der Waals surface area contributed by atoms with E-state index in [9.17, 15) is 9.59 Å². The lowest BCUT2D eigenvalue weighted by Crippen LogP contribution is -2.48. The van der Waals surface area contributed by atoms with Gasteiger partial charge in [0.1, 0.15) is 0 Å². The number of hydrogen-bond donors (Lipinski definition) is 1. The molecular formula is C13H14N2O2. The highest BCUT2D eigenvalue weighted by Gasteiger charge is 2.58. The number of carbonyl (C=O) groups excluding carboxylic acids is 2. The monoisotopic (exact) mass is 230 g/mol. The molecular weight excluding hydrogens is 216 g/mol. The Kier molecular flexibility index (Phi) is 1.88. The molecule has 1 fully saturated rings. The van der Waals surface area contributed by atoms with Crippen molar-refractivity contribution in [2.75, 3.05) is 12.3 Å². The number of fused-ring (bicyclic) bond motifs is 2. The zero-order valence-corrected chi connectivity index (χ0v) is 9.69. The first-order valence-corrected chi connectivity index (χ1v) is 5.86. The molecule has 17 heavy (non-hydrogen) atoms. The lowest BCUT2D eigenvalue weighted by Gasteiger charge is -2.32. The summed E-state index contributed by atoms with van der Waals surface area (Å²) in [6.07, 6.45) is 1.68. The summed E-state index contributed by atoms with van der Waals surface area (Å²) in [5.41, 5.74) is 7.33. The SMILES string of the molecule is CCN1C(=O)c2cc(N)ccc2C2(CC2)C1=O. The molecule has 1 aromatic rings. The molecule has 0 atom stereocenters. The minimum absolute atomic E-state index is 0.0396. The van der Waals surface area contributed by atoms with Gasteiger partial charge in [-0.25, -0.2) is 0 Å². The molecule has 2 N–H and O–H groups in total.